The van der Waals surface area contributed by atoms with Crippen LogP contribution < -0.4 is 14.8 Å². The molecule has 0 unspecified atom stereocenters. The van der Waals surface area contributed by atoms with E-state index in [0.29, 0.717) is 6.61 Å². The molecule has 2 atom stereocenters. The minimum atomic E-state index is -0.438. The lowest BCUT2D eigenvalue weighted by molar-refractivity contribution is 0.0904. The van der Waals surface area contributed by atoms with Gasteiger partial charge in [-0.05, 0) is 43.0 Å². The average molecular weight is 364 g/mol. The van der Waals surface area contributed by atoms with Crippen molar-refractivity contribution in [2.75, 3.05) is 19.7 Å². The summed E-state index contributed by atoms with van der Waals surface area (Å²) in [5.74, 6) is 1.88. The SMILES string of the molecule is CC(C)[C@@](C#N)(CCCNC[C@@H]1COc2ccccc2O1)c1ccccc1. The van der Waals surface area contributed by atoms with E-state index in [4.69, 9.17) is 9.47 Å². The summed E-state index contributed by atoms with van der Waals surface area (Å²) in [5, 5.41) is 13.4. The van der Waals surface area contributed by atoms with E-state index in [-0.39, 0.29) is 12.0 Å². The Morgan fingerprint density at radius 3 is 2.52 bits per heavy atom. The molecule has 2 aromatic carbocycles. The summed E-state index contributed by atoms with van der Waals surface area (Å²) >= 11 is 0. The molecule has 27 heavy (non-hydrogen) atoms. The fourth-order valence-corrected chi connectivity index (χ4v) is 3.67. The number of ether oxygens (including phenoxy) is 2. The van der Waals surface area contributed by atoms with E-state index in [9.17, 15) is 5.26 Å². The second kappa shape index (κ2) is 8.92. The number of nitrogens with one attached hydrogen (secondary N) is 1. The van der Waals surface area contributed by atoms with Crippen molar-refractivity contribution in [2.24, 2.45) is 5.92 Å². The molecule has 0 amide bonds. The Labute approximate surface area is 162 Å². The quantitative estimate of drug-likeness (QED) is 0.709. The first-order valence-corrected chi connectivity index (χ1v) is 9.71. The predicted octanol–water partition coefficient (Wildman–Crippen LogP) is 4.31. The van der Waals surface area contributed by atoms with Crippen molar-refractivity contribution >= 4 is 0 Å². The largest absolute Gasteiger partial charge is 0.486 e. The van der Waals surface area contributed by atoms with Crippen molar-refractivity contribution in [1.82, 2.24) is 5.32 Å². The molecule has 0 radical (unpaired) electrons. The number of benzene rings is 2. The minimum absolute atomic E-state index is 0.0137. The number of nitrogens with zero attached hydrogens (tertiary/aromatic N) is 1. The molecule has 142 valence electrons. The number of nitriles is 1. The molecule has 0 bridgehead atoms. The van der Waals surface area contributed by atoms with Crippen LogP contribution in [-0.2, 0) is 5.41 Å². The summed E-state index contributed by atoms with van der Waals surface area (Å²) in [5.41, 5.74) is 0.676. The molecule has 2 aromatic rings. The summed E-state index contributed by atoms with van der Waals surface area (Å²) < 4.78 is 11.7. The molecule has 3 rings (SSSR count). The first kappa shape index (κ1) is 19.3. The van der Waals surface area contributed by atoms with Gasteiger partial charge in [0.15, 0.2) is 11.5 Å². The van der Waals surface area contributed by atoms with Crippen LogP contribution in [0.2, 0.25) is 0 Å². The Bertz CT molecular complexity index is 769. The molecule has 1 aliphatic rings. The first-order valence-electron chi connectivity index (χ1n) is 9.71. The molecular formula is C23H28N2O2. The standard InChI is InChI=1S/C23H28N2O2/c1-18(2)23(17-24,19-9-4-3-5-10-19)13-8-14-25-15-20-16-26-21-11-6-7-12-22(21)27-20/h3-7,9-12,18,20,25H,8,13-16H2,1-2H3/t20-,23+/m1/s1. The number of rotatable bonds is 8. The molecule has 0 saturated heterocycles. The lowest BCUT2D eigenvalue weighted by Crippen LogP contribution is -2.39. The van der Waals surface area contributed by atoms with Gasteiger partial charge in [0, 0.05) is 6.54 Å². The van der Waals surface area contributed by atoms with Crippen LogP contribution in [0, 0.1) is 17.2 Å². The molecule has 1 aliphatic heterocycles. The van der Waals surface area contributed by atoms with Crippen molar-refractivity contribution in [2.45, 2.75) is 38.2 Å². The highest BCUT2D eigenvalue weighted by molar-refractivity contribution is 5.40. The van der Waals surface area contributed by atoms with Gasteiger partial charge in [-0.1, -0.05) is 56.3 Å². The van der Waals surface area contributed by atoms with E-state index in [1.165, 1.54) is 0 Å². The predicted molar refractivity (Wildman–Crippen MR) is 107 cm³/mol. The highest BCUT2D eigenvalue weighted by atomic mass is 16.6. The molecule has 4 heteroatoms. The fourth-order valence-electron chi connectivity index (χ4n) is 3.67. The third kappa shape index (κ3) is 4.43. The monoisotopic (exact) mass is 364 g/mol. The van der Waals surface area contributed by atoms with Gasteiger partial charge >= 0.3 is 0 Å². The first-order chi connectivity index (χ1) is 13.2. The summed E-state index contributed by atoms with van der Waals surface area (Å²) in [6.07, 6.45) is 1.79. The highest BCUT2D eigenvalue weighted by Gasteiger charge is 2.35. The Hall–Kier alpha value is -2.51. The smallest absolute Gasteiger partial charge is 0.161 e. The van der Waals surface area contributed by atoms with Crippen LogP contribution in [0.15, 0.2) is 54.6 Å². The molecular weight excluding hydrogens is 336 g/mol. The van der Waals surface area contributed by atoms with Gasteiger partial charge in [-0.3, -0.25) is 0 Å². The van der Waals surface area contributed by atoms with Crippen LogP contribution in [0.1, 0.15) is 32.3 Å². The van der Waals surface area contributed by atoms with Gasteiger partial charge in [0.25, 0.3) is 0 Å². The van der Waals surface area contributed by atoms with Gasteiger partial charge in [-0.2, -0.15) is 5.26 Å². The molecule has 0 fully saturated rings. The second-order valence-electron chi connectivity index (χ2n) is 7.41. The van der Waals surface area contributed by atoms with Crippen molar-refractivity contribution in [1.29, 1.82) is 5.26 Å². The van der Waals surface area contributed by atoms with Crippen LogP contribution in [0.5, 0.6) is 11.5 Å². The van der Waals surface area contributed by atoms with Gasteiger partial charge in [0.05, 0.1) is 11.5 Å². The Morgan fingerprint density at radius 2 is 1.81 bits per heavy atom. The van der Waals surface area contributed by atoms with Gasteiger partial charge in [-0.25, -0.2) is 0 Å². The van der Waals surface area contributed by atoms with Crippen LogP contribution in [0.3, 0.4) is 0 Å². The van der Waals surface area contributed by atoms with Gasteiger partial charge in [0.2, 0.25) is 0 Å². The topological polar surface area (TPSA) is 54.3 Å². The van der Waals surface area contributed by atoms with Crippen molar-refractivity contribution in [3.63, 3.8) is 0 Å². The maximum Gasteiger partial charge on any atom is 0.161 e. The highest BCUT2D eigenvalue weighted by Crippen LogP contribution is 2.36. The van der Waals surface area contributed by atoms with Crippen molar-refractivity contribution < 1.29 is 9.47 Å². The Morgan fingerprint density at radius 1 is 1.11 bits per heavy atom. The van der Waals surface area contributed by atoms with E-state index < -0.39 is 5.41 Å². The molecule has 0 spiro atoms. The zero-order valence-corrected chi connectivity index (χ0v) is 16.2. The summed E-state index contributed by atoms with van der Waals surface area (Å²) in [4.78, 5) is 0. The maximum absolute atomic E-state index is 9.95. The summed E-state index contributed by atoms with van der Waals surface area (Å²) in [7, 11) is 0. The lowest BCUT2D eigenvalue weighted by atomic mass is 9.70. The van der Waals surface area contributed by atoms with Crippen LogP contribution >= 0.6 is 0 Å². The Balaban J connectivity index is 1.48. The summed E-state index contributed by atoms with van der Waals surface area (Å²) in [6, 6.07) is 20.5. The molecule has 0 aromatic heterocycles. The van der Waals surface area contributed by atoms with Gasteiger partial charge < -0.3 is 14.8 Å². The Kier molecular flexibility index (Phi) is 6.36. The van der Waals surface area contributed by atoms with Crippen LogP contribution in [0.25, 0.3) is 0 Å². The third-order valence-electron chi connectivity index (χ3n) is 5.34. The van der Waals surface area contributed by atoms with E-state index in [0.717, 1.165) is 43.0 Å². The van der Waals surface area contributed by atoms with Crippen LogP contribution in [-0.4, -0.2) is 25.8 Å². The van der Waals surface area contributed by atoms with E-state index >= 15 is 0 Å². The van der Waals surface area contributed by atoms with E-state index in [1.54, 1.807) is 0 Å². The number of fused-ring (bicyclic) bond motifs is 1. The van der Waals surface area contributed by atoms with Gasteiger partial charge in [0.1, 0.15) is 12.7 Å². The third-order valence-corrected chi connectivity index (χ3v) is 5.34. The number of hydrogen-bond acceptors (Lipinski definition) is 4. The number of para-hydroxylation sites is 2. The average Bonchev–Trinajstić information content (AvgIpc) is 2.71. The zero-order chi connectivity index (χ0) is 19.1. The lowest BCUT2D eigenvalue weighted by Gasteiger charge is -2.31. The molecule has 1 heterocycles. The van der Waals surface area contributed by atoms with Crippen molar-refractivity contribution in [3.8, 4) is 17.6 Å². The second-order valence-corrected chi connectivity index (χ2v) is 7.41. The normalized spacial score (nSPS) is 17.9. The van der Waals surface area contributed by atoms with Crippen molar-refractivity contribution in [3.05, 3.63) is 60.2 Å². The summed E-state index contributed by atoms with van der Waals surface area (Å²) in [6.45, 7) is 6.41. The van der Waals surface area contributed by atoms with Gasteiger partial charge in [-0.15, -0.1) is 0 Å². The molecule has 0 saturated carbocycles. The van der Waals surface area contributed by atoms with E-state index in [1.807, 2.05) is 42.5 Å². The molecule has 4 nitrogen and oxygen atoms in total. The molecule has 1 N–H and O–H groups in total. The minimum Gasteiger partial charge on any atom is -0.486 e. The van der Waals surface area contributed by atoms with E-state index in [2.05, 4.69) is 37.4 Å². The fraction of sp³-hybridized carbons (Fsp3) is 0.435. The maximum atomic E-state index is 9.95. The molecule has 0 aliphatic carbocycles. The number of hydrogen-bond donors (Lipinski definition) is 1. The van der Waals surface area contributed by atoms with Crippen LogP contribution in [0.4, 0.5) is 0 Å². The zero-order valence-electron chi connectivity index (χ0n) is 16.2.